The number of rotatable bonds is 8. The van der Waals surface area contributed by atoms with E-state index in [0.29, 0.717) is 18.1 Å². The molecule has 5 heteroatoms. The van der Waals surface area contributed by atoms with Crippen LogP contribution < -0.4 is 0 Å². The highest BCUT2D eigenvalue weighted by molar-refractivity contribution is 6.30. The van der Waals surface area contributed by atoms with Crippen molar-refractivity contribution in [1.29, 1.82) is 0 Å². The predicted molar refractivity (Wildman–Crippen MR) is 88.6 cm³/mol. The fraction of sp³-hybridized carbons (Fsp3) is 0.412. The van der Waals surface area contributed by atoms with Crippen LogP contribution in [0.15, 0.2) is 30.3 Å². The number of unbranched alkanes of at least 4 members (excludes halogenated alkanes) is 1. The van der Waals surface area contributed by atoms with Crippen LogP contribution in [0, 0.1) is 0 Å². The van der Waals surface area contributed by atoms with Gasteiger partial charge in [-0.2, -0.15) is 0 Å². The number of carbonyl (C=O) groups is 2. The van der Waals surface area contributed by atoms with E-state index >= 15 is 0 Å². The molecule has 0 aliphatic heterocycles. The number of ether oxygens (including phenoxy) is 1. The molecule has 1 amide bonds. The first kappa shape index (κ1) is 18.2. The molecule has 0 fully saturated rings. The summed E-state index contributed by atoms with van der Waals surface area (Å²) in [6, 6.07) is 7.24. The summed E-state index contributed by atoms with van der Waals surface area (Å²) in [5.41, 5.74) is 0.904. The second kappa shape index (κ2) is 10.0. The Hall–Kier alpha value is -1.81. The lowest BCUT2D eigenvalue weighted by Crippen LogP contribution is -2.32. The van der Waals surface area contributed by atoms with Crippen molar-refractivity contribution in [3.8, 4) is 0 Å². The third kappa shape index (κ3) is 6.76. The van der Waals surface area contributed by atoms with Gasteiger partial charge in [0.15, 0.2) is 0 Å². The van der Waals surface area contributed by atoms with Crippen molar-refractivity contribution >= 4 is 29.6 Å². The number of benzene rings is 1. The average Bonchev–Trinajstić information content (AvgIpc) is 2.53. The molecule has 1 rings (SSSR count). The minimum Gasteiger partial charge on any atom is -0.469 e. The number of amides is 1. The van der Waals surface area contributed by atoms with Crippen molar-refractivity contribution in [3.63, 3.8) is 0 Å². The third-order valence-electron chi connectivity index (χ3n) is 3.20. The van der Waals surface area contributed by atoms with Gasteiger partial charge in [0.1, 0.15) is 0 Å². The molecule has 0 N–H and O–H groups in total. The van der Waals surface area contributed by atoms with Gasteiger partial charge >= 0.3 is 5.97 Å². The Balaban J connectivity index is 2.64. The zero-order valence-corrected chi connectivity index (χ0v) is 13.8. The van der Waals surface area contributed by atoms with Crippen molar-refractivity contribution in [2.45, 2.75) is 26.2 Å². The number of carbonyl (C=O) groups excluding carboxylic acids is 2. The molecular formula is C17H22ClNO3. The molecule has 1 aromatic carbocycles. The molecule has 0 saturated heterocycles. The summed E-state index contributed by atoms with van der Waals surface area (Å²) < 4.78 is 4.62. The summed E-state index contributed by atoms with van der Waals surface area (Å²) in [7, 11) is 1.35. The minimum absolute atomic E-state index is 0.104. The number of hydrogen-bond donors (Lipinski definition) is 0. The molecule has 22 heavy (non-hydrogen) atoms. The SMILES string of the molecule is CCCCN(CCC(=O)OC)C(=O)/C=C/c1ccc(Cl)cc1. The van der Waals surface area contributed by atoms with Gasteiger partial charge in [-0.25, -0.2) is 0 Å². The topological polar surface area (TPSA) is 46.6 Å². The number of methoxy groups -OCH3 is 1. The van der Waals surface area contributed by atoms with E-state index in [-0.39, 0.29) is 18.3 Å². The minimum atomic E-state index is -0.309. The molecule has 0 aliphatic rings. The fourth-order valence-electron chi connectivity index (χ4n) is 1.86. The summed E-state index contributed by atoms with van der Waals surface area (Å²) in [6.07, 6.45) is 5.37. The van der Waals surface area contributed by atoms with E-state index in [1.165, 1.54) is 13.2 Å². The fourth-order valence-corrected chi connectivity index (χ4v) is 1.98. The highest BCUT2D eigenvalue weighted by Gasteiger charge is 2.12. The lowest BCUT2D eigenvalue weighted by molar-refractivity contribution is -0.141. The van der Waals surface area contributed by atoms with Crippen LogP contribution in [-0.2, 0) is 14.3 Å². The van der Waals surface area contributed by atoms with Gasteiger partial charge in [0.05, 0.1) is 13.5 Å². The second-order valence-corrected chi connectivity index (χ2v) is 5.33. The van der Waals surface area contributed by atoms with Gasteiger partial charge in [0.2, 0.25) is 5.91 Å². The molecule has 0 radical (unpaired) electrons. The van der Waals surface area contributed by atoms with Gasteiger partial charge in [0.25, 0.3) is 0 Å². The molecular weight excluding hydrogens is 302 g/mol. The van der Waals surface area contributed by atoms with Gasteiger partial charge in [-0.05, 0) is 30.2 Å². The number of esters is 1. The molecule has 0 saturated carbocycles. The lowest BCUT2D eigenvalue weighted by Gasteiger charge is -2.20. The zero-order valence-electron chi connectivity index (χ0n) is 13.0. The molecule has 0 spiro atoms. The summed E-state index contributed by atoms with van der Waals surface area (Å²) >= 11 is 5.82. The summed E-state index contributed by atoms with van der Waals surface area (Å²) in [4.78, 5) is 25.2. The Bertz CT molecular complexity index is 511. The summed E-state index contributed by atoms with van der Waals surface area (Å²) in [5, 5.41) is 0.658. The molecule has 0 aromatic heterocycles. The van der Waals surface area contributed by atoms with Crippen LogP contribution >= 0.6 is 11.6 Å². The van der Waals surface area contributed by atoms with Gasteiger partial charge in [-0.15, -0.1) is 0 Å². The van der Waals surface area contributed by atoms with E-state index in [4.69, 9.17) is 11.6 Å². The smallest absolute Gasteiger partial charge is 0.307 e. The van der Waals surface area contributed by atoms with E-state index in [1.807, 2.05) is 12.1 Å². The van der Waals surface area contributed by atoms with Crippen molar-refractivity contribution in [1.82, 2.24) is 4.90 Å². The molecule has 120 valence electrons. The molecule has 0 aliphatic carbocycles. The van der Waals surface area contributed by atoms with Gasteiger partial charge < -0.3 is 9.64 Å². The standard InChI is InChI=1S/C17H22ClNO3/c1-3-4-12-19(13-11-17(21)22-2)16(20)10-7-14-5-8-15(18)9-6-14/h5-10H,3-4,11-13H2,1-2H3/b10-7+. The highest BCUT2D eigenvalue weighted by atomic mass is 35.5. The predicted octanol–water partition coefficient (Wildman–Crippen LogP) is 3.55. The normalized spacial score (nSPS) is 10.7. The van der Waals surface area contributed by atoms with Crippen LogP contribution in [0.4, 0.5) is 0 Å². The zero-order chi connectivity index (χ0) is 16.4. The molecule has 0 unspecified atom stereocenters. The molecule has 4 nitrogen and oxygen atoms in total. The van der Waals surface area contributed by atoms with Crippen molar-refractivity contribution in [2.75, 3.05) is 20.2 Å². The Morgan fingerprint density at radius 1 is 1.23 bits per heavy atom. The number of nitrogens with zero attached hydrogens (tertiary/aromatic N) is 1. The molecule has 1 aromatic rings. The largest absolute Gasteiger partial charge is 0.469 e. The Labute approximate surface area is 136 Å². The van der Waals surface area contributed by atoms with Crippen LogP contribution in [0.3, 0.4) is 0 Å². The Kier molecular flexibility index (Phi) is 8.30. The van der Waals surface area contributed by atoms with E-state index in [9.17, 15) is 9.59 Å². The van der Waals surface area contributed by atoms with Gasteiger partial charge in [-0.1, -0.05) is 37.1 Å². The molecule has 0 bridgehead atoms. The van der Waals surface area contributed by atoms with Crippen LogP contribution in [0.5, 0.6) is 0 Å². The van der Waals surface area contributed by atoms with Crippen LogP contribution in [-0.4, -0.2) is 37.0 Å². The third-order valence-corrected chi connectivity index (χ3v) is 3.45. The first-order valence-electron chi connectivity index (χ1n) is 7.36. The van der Waals surface area contributed by atoms with Crippen molar-refractivity contribution in [3.05, 3.63) is 40.9 Å². The van der Waals surface area contributed by atoms with E-state index in [2.05, 4.69) is 11.7 Å². The summed E-state index contributed by atoms with van der Waals surface area (Å²) in [5.74, 6) is -0.414. The number of halogens is 1. The van der Waals surface area contributed by atoms with E-state index in [0.717, 1.165) is 18.4 Å². The molecule has 0 atom stereocenters. The van der Waals surface area contributed by atoms with Crippen LogP contribution in [0.1, 0.15) is 31.7 Å². The van der Waals surface area contributed by atoms with E-state index in [1.54, 1.807) is 23.1 Å². The second-order valence-electron chi connectivity index (χ2n) is 4.89. The first-order chi connectivity index (χ1) is 10.6. The van der Waals surface area contributed by atoms with Crippen molar-refractivity contribution < 1.29 is 14.3 Å². The maximum Gasteiger partial charge on any atom is 0.307 e. The first-order valence-corrected chi connectivity index (χ1v) is 7.74. The summed E-state index contributed by atoms with van der Waals surface area (Å²) in [6.45, 7) is 3.07. The quantitative estimate of drug-likeness (QED) is 0.543. The average molecular weight is 324 g/mol. The van der Waals surface area contributed by atoms with Gasteiger partial charge in [0, 0.05) is 24.2 Å². The van der Waals surface area contributed by atoms with Crippen molar-refractivity contribution in [2.24, 2.45) is 0 Å². The van der Waals surface area contributed by atoms with Crippen LogP contribution in [0.2, 0.25) is 5.02 Å². The molecule has 0 heterocycles. The van der Waals surface area contributed by atoms with Gasteiger partial charge in [-0.3, -0.25) is 9.59 Å². The Morgan fingerprint density at radius 2 is 1.91 bits per heavy atom. The monoisotopic (exact) mass is 323 g/mol. The van der Waals surface area contributed by atoms with Crippen LogP contribution in [0.25, 0.3) is 6.08 Å². The van der Waals surface area contributed by atoms with E-state index < -0.39 is 0 Å². The highest BCUT2D eigenvalue weighted by Crippen LogP contribution is 2.11. The lowest BCUT2D eigenvalue weighted by atomic mass is 10.2. The Morgan fingerprint density at radius 3 is 2.50 bits per heavy atom. The number of hydrogen-bond acceptors (Lipinski definition) is 3. The maximum atomic E-state index is 12.3. The maximum absolute atomic E-state index is 12.3.